The molecule has 98 valence electrons. The number of hydrogen-bond acceptors (Lipinski definition) is 5. The predicted octanol–water partition coefficient (Wildman–Crippen LogP) is 1.95. The molecule has 2 aromatic rings. The van der Waals surface area contributed by atoms with E-state index in [1.165, 1.54) is 0 Å². The van der Waals surface area contributed by atoms with Crippen LogP contribution in [0.5, 0.6) is 0 Å². The molecular formula is C11H9Cl2N5O. The Bertz CT molecular complexity index is 600. The molecule has 0 saturated heterocycles. The average Bonchev–Trinajstić information content (AvgIpc) is 2.35. The van der Waals surface area contributed by atoms with Crippen molar-refractivity contribution in [1.82, 2.24) is 15.4 Å². The van der Waals surface area contributed by atoms with E-state index in [1.54, 1.807) is 24.3 Å². The third kappa shape index (κ3) is 3.30. The maximum Gasteiger partial charge on any atom is 0.221 e. The molecule has 8 heteroatoms. The summed E-state index contributed by atoms with van der Waals surface area (Å²) in [5.74, 6) is -0.433. The lowest BCUT2D eigenvalue weighted by molar-refractivity contribution is -0.117. The van der Waals surface area contributed by atoms with Gasteiger partial charge in [-0.05, 0) is 16.8 Å². The van der Waals surface area contributed by atoms with E-state index in [9.17, 15) is 4.79 Å². The number of aromatic nitrogens is 3. The number of carbonyl (C=O) groups excluding carboxylic acids is 1. The number of halogens is 2. The Labute approximate surface area is 118 Å². The van der Waals surface area contributed by atoms with E-state index in [1.807, 2.05) is 0 Å². The standard InChI is InChI=1S/C11H9Cl2N5O/c12-10-9(11(13)17-18-16-10)15-7-4-2-1-3-6(7)5-8(14)19/h1-4H,5H2,(H2,14,19)(H,15,18). The zero-order valence-electron chi connectivity index (χ0n) is 9.60. The molecule has 0 radical (unpaired) electrons. The lowest BCUT2D eigenvalue weighted by atomic mass is 10.1. The second kappa shape index (κ2) is 5.81. The van der Waals surface area contributed by atoms with Gasteiger partial charge in [-0.15, -0.1) is 10.2 Å². The summed E-state index contributed by atoms with van der Waals surface area (Å²) in [5, 5.41) is 13.7. The molecule has 0 spiro atoms. The van der Waals surface area contributed by atoms with Crippen LogP contribution in [0.3, 0.4) is 0 Å². The monoisotopic (exact) mass is 297 g/mol. The van der Waals surface area contributed by atoms with Crippen molar-refractivity contribution in [3.05, 3.63) is 40.1 Å². The summed E-state index contributed by atoms with van der Waals surface area (Å²) >= 11 is 11.8. The maximum absolute atomic E-state index is 11.0. The van der Waals surface area contributed by atoms with Gasteiger partial charge in [0.15, 0.2) is 10.3 Å². The molecule has 0 unspecified atom stereocenters. The average molecular weight is 298 g/mol. The van der Waals surface area contributed by atoms with Crippen LogP contribution in [0.2, 0.25) is 10.3 Å². The second-order valence-electron chi connectivity index (χ2n) is 3.67. The molecule has 1 aromatic carbocycles. The van der Waals surface area contributed by atoms with Crippen molar-refractivity contribution in [2.45, 2.75) is 6.42 Å². The summed E-state index contributed by atoms with van der Waals surface area (Å²) in [4.78, 5) is 11.0. The fraction of sp³-hybridized carbons (Fsp3) is 0.0909. The van der Waals surface area contributed by atoms with Crippen LogP contribution in [-0.4, -0.2) is 21.3 Å². The fourth-order valence-electron chi connectivity index (χ4n) is 1.51. The number of carbonyl (C=O) groups is 1. The Morgan fingerprint density at radius 2 is 1.84 bits per heavy atom. The summed E-state index contributed by atoms with van der Waals surface area (Å²) in [6.45, 7) is 0. The third-order valence-electron chi connectivity index (χ3n) is 2.32. The molecule has 1 amide bonds. The highest BCUT2D eigenvalue weighted by Crippen LogP contribution is 2.30. The van der Waals surface area contributed by atoms with Gasteiger partial charge in [0, 0.05) is 5.69 Å². The van der Waals surface area contributed by atoms with Crippen molar-refractivity contribution in [3.63, 3.8) is 0 Å². The number of anilines is 2. The molecule has 2 rings (SSSR count). The van der Waals surface area contributed by atoms with Crippen LogP contribution in [-0.2, 0) is 11.2 Å². The highest BCUT2D eigenvalue weighted by Gasteiger charge is 2.12. The fourth-order valence-corrected chi connectivity index (χ4v) is 1.90. The highest BCUT2D eigenvalue weighted by molar-refractivity contribution is 6.37. The Morgan fingerprint density at radius 1 is 1.21 bits per heavy atom. The van der Waals surface area contributed by atoms with Crippen LogP contribution in [0.4, 0.5) is 11.4 Å². The Morgan fingerprint density at radius 3 is 2.47 bits per heavy atom. The van der Waals surface area contributed by atoms with Gasteiger partial charge in [0.1, 0.15) is 5.69 Å². The van der Waals surface area contributed by atoms with Crippen molar-refractivity contribution in [2.75, 3.05) is 5.32 Å². The van der Waals surface area contributed by atoms with E-state index in [2.05, 4.69) is 20.7 Å². The largest absolute Gasteiger partial charge is 0.369 e. The van der Waals surface area contributed by atoms with Crippen LogP contribution in [0.1, 0.15) is 5.56 Å². The van der Waals surface area contributed by atoms with Gasteiger partial charge in [0.25, 0.3) is 0 Å². The number of amides is 1. The number of primary amides is 1. The van der Waals surface area contributed by atoms with Crippen molar-refractivity contribution in [1.29, 1.82) is 0 Å². The first-order valence-electron chi connectivity index (χ1n) is 5.25. The first-order chi connectivity index (χ1) is 9.08. The van der Waals surface area contributed by atoms with Crippen molar-refractivity contribution < 1.29 is 4.79 Å². The van der Waals surface area contributed by atoms with Crippen molar-refractivity contribution in [2.24, 2.45) is 5.73 Å². The van der Waals surface area contributed by atoms with E-state index in [4.69, 9.17) is 28.9 Å². The molecule has 6 nitrogen and oxygen atoms in total. The maximum atomic E-state index is 11.0. The molecule has 1 aromatic heterocycles. The summed E-state index contributed by atoms with van der Waals surface area (Å²) < 4.78 is 0. The van der Waals surface area contributed by atoms with E-state index in [0.29, 0.717) is 11.4 Å². The number of para-hydroxylation sites is 1. The van der Waals surface area contributed by atoms with Gasteiger partial charge in [0.2, 0.25) is 5.91 Å². The topological polar surface area (TPSA) is 93.8 Å². The lowest BCUT2D eigenvalue weighted by Crippen LogP contribution is -2.14. The van der Waals surface area contributed by atoms with Crippen molar-refractivity contribution >= 4 is 40.5 Å². The van der Waals surface area contributed by atoms with Crippen LogP contribution in [0, 0.1) is 0 Å². The predicted molar refractivity (Wildman–Crippen MR) is 72.5 cm³/mol. The number of nitrogens with zero attached hydrogens (tertiary/aromatic N) is 3. The van der Waals surface area contributed by atoms with Crippen LogP contribution in [0.25, 0.3) is 0 Å². The van der Waals surface area contributed by atoms with Gasteiger partial charge < -0.3 is 11.1 Å². The zero-order valence-corrected chi connectivity index (χ0v) is 11.1. The van der Waals surface area contributed by atoms with E-state index in [0.717, 1.165) is 5.56 Å². The second-order valence-corrected chi connectivity index (χ2v) is 4.39. The van der Waals surface area contributed by atoms with Gasteiger partial charge in [-0.3, -0.25) is 4.79 Å². The van der Waals surface area contributed by atoms with E-state index in [-0.39, 0.29) is 16.7 Å². The minimum Gasteiger partial charge on any atom is -0.369 e. The zero-order chi connectivity index (χ0) is 13.8. The molecule has 19 heavy (non-hydrogen) atoms. The van der Waals surface area contributed by atoms with E-state index < -0.39 is 5.91 Å². The van der Waals surface area contributed by atoms with Crippen LogP contribution in [0.15, 0.2) is 24.3 Å². The molecule has 0 atom stereocenters. The van der Waals surface area contributed by atoms with Gasteiger partial charge in [-0.25, -0.2) is 0 Å². The normalized spacial score (nSPS) is 10.2. The molecule has 1 heterocycles. The van der Waals surface area contributed by atoms with Gasteiger partial charge in [0.05, 0.1) is 6.42 Å². The first-order valence-corrected chi connectivity index (χ1v) is 6.01. The molecule has 0 fully saturated rings. The first kappa shape index (κ1) is 13.5. The number of benzene rings is 1. The molecule has 0 bridgehead atoms. The quantitative estimate of drug-likeness (QED) is 0.899. The number of hydrogen-bond donors (Lipinski definition) is 2. The van der Waals surface area contributed by atoms with Gasteiger partial charge in [-0.1, -0.05) is 41.4 Å². The van der Waals surface area contributed by atoms with Crippen LogP contribution < -0.4 is 11.1 Å². The molecule has 0 aliphatic carbocycles. The van der Waals surface area contributed by atoms with Gasteiger partial charge in [-0.2, -0.15) is 0 Å². The summed E-state index contributed by atoms with van der Waals surface area (Å²) in [5.41, 5.74) is 6.90. The summed E-state index contributed by atoms with van der Waals surface area (Å²) in [6, 6.07) is 7.15. The number of nitrogens with two attached hydrogens (primary N) is 1. The minimum atomic E-state index is -0.433. The number of nitrogens with one attached hydrogen (secondary N) is 1. The smallest absolute Gasteiger partial charge is 0.221 e. The van der Waals surface area contributed by atoms with Crippen LogP contribution >= 0.6 is 23.2 Å². The van der Waals surface area contributed by atoms with E-state index >= 15 is 0 Å². The molecule has 0 saturated carbocycles. The third-order valence-corrected chi connectivity index (χ3v) is 2.85. The molecular weight excluding hydrogens is 289 g/mol. The summed E-state index contributed by atoms with van der Waals surface area (Å²) in [6.07, 6.45) is 0.102. The molecule has 0 aliphatic heterocycles. The number of rotatable bonds is 4. The minimum absolute atomic E-state index is 0.0916. The summed E-state index contributed by atoms with van der Waals surface area (Å²) in [7, 11) is 0. The highest BCUT2D eigenvalue weighted by atomic mass is 35.5. The SMILES string of the molecule is NC(=O)Cc1ccccc1Nc1c(Cl)nnnc1Cl. The lowest BCUT2D eigenvalue weighted by Gasteiger charge is -2.11. The molecule has 3 N–H and O–H groups in total. The Balaban J connectivity index is 2.36. The Hall–Kier alpha value is -1.92. The van der Waals surface area contributed by atoms with Crippen molar-refractivity contribution in [3.8, 4) is 0 Å². The van der Waals surface area contributed by atoms with Gasteiger partial charge >= 0.3 is 0 Å². The Kier molecular flexibility index (Phi) is 4.13. The molecule has 0 aliphatic rings.